The predicted octanol–water partition coefficient (Wildman–Crippen LogP) is 4.42. The van der Waals surface area contributed by atoms with E-state index in [1.54, 1.807) is 0 Å². The second-order valence-electron chi connectivity index (χ2n) is 5.04. The second-order valence-corrected chi connectivity index (χ2v) is 6.29. The van der Waals surface area contributed by atoms with Crippen LogP contribution in [0.4, 0.5) is 5.69 Å². The molecule has 1 aromatic heterocycles. The zero-order valence-corrected chi connectivity index (χ0v) is 14.1. The predicted molar refractivity (Wildman–Crippen MR) is 99.0 cm³/mol. The number of halogens is 1. The zero-order valence-electron chi connectivity index (χ0n) is 11.9. The lowest BCUT2D eigenvalue weighted by Crippen LogP contribution is -2.07. The summed E-state index contributed by atoms with van der Waals surface area (Å²) in [5.74, 6) is -0.197. The number of carbonyl (C=O) groups excluding carboxylic acids is 1. The highest BCUT2D eigenvalue weighted by Gasteiger charge is 2.04. The number of hydrogen-bond acceptors (Lipinski definition) is 1. The number of nitrogens with zero attached hydrogens (tertiary/aromatic N) is 1. The van der Waals surface area contributed by atoms with Crippen molar-refractivity contribution in [2.24, 2.45) is 0 Å². The van der Waals surface area contributed by atoms with Crippen LogP contribution in [0.15, 0.2) is 67.4 Å². The van der Waals surface area contributed by atoms with Crippen LogP contribution in [0.25, 0.3) is 10.9 Å². The summed E-state index contributed by atoms with van der Waals surface area (Å²) >= 11 is 2.33. The van der Waals surface area contributed by atoms with Gasteiger partial charge in [0.05, 0.1) is 0 Å². The van der Waals surface area contributed by atoms with Crippen LogP contribution in [0, 0.1) is 3.57 Å². The number of benzene rings is 2. The Bertz CT molecular complexity index is 851. The Hall–Kier alpha value is -2.08. The minimum Gasteiger partial charge on any atom is -0.343 e. The molecule has 0 saturated carbocycles. The van der Waals surface area contributed by atoms with Gasteiger partial charge in [-0.05, 0) is 70.6 Å². The summed E-state index contributed by atoms with van der Waals surface area (Å²) in [6.45, 7) is 4.29. The highest BCUT2D eigenvalue weighted by Crippen LogP contribution is 2.22. The van der Waals surface area contributed by atoms with E-state index in [1.807, 2.05) is 18.2 Å². The van der Waals surface area contributed by atoms with Crippen LogP contribution in [-0.4, -0.2) is 10.5 Å². The maximum absolute atomic E-state index is 11.4. The van der Waals surface area contributed by atoms with Gasteiger partial charge in [-0.2, -0.15) is 0 Å². The first kappa shape index (κ1) is 14.8. The molecule has 1 heterocycles. The molecule has 0 aliphatic rings. The fourth-order valence-electron chi connectivity index (χ4n) is 2.44. The summed E-state index contributed by atoms with van der Waals surface area (Å²) in [7, 11) is 0. The molecule has 0 aliphatic heterocycles. The van der Waals surface area contributed by atoms with Crippen molar-refractivity contribution in [3.63, 3.8) is 0 Å². The Morgan fingerprint density at radius 2 is 2.09 bits per heavy atom. The number of carbonyl (C=O) groups is 1. The fraction of sp³-hybridized carbons (Fsp3) is 0.0556. The van der Waals surface area contributed by atoms with Crippen LogP contribution in [-0.2, 0) is 11.3 Å². The third-order valence-corrected chi connectivity index (χ3v) is 4.14. The number of amides is 1. The Labute approximate surface area is 142 Å². The van der Waals surface area contributed by atoms with Crippen molar-refractivity contribution >= 4 is 45.1 Å². The first-order valence-electron chi connectivity index (χ1n) is 6.92. The van der Waals surface area contributed by atoms with E-state index in [4.69, 9.17) is 0 Å². The molecule has 1 amide bonds. The molecule has 0 spiro atoms. The largest absolute Gasteiger partial charge is 0.343 e. The van der Waals surface area contributed by atoms with Crippen LogP contribution in [0.3, 0.4) is 0 Å². The Morgan fingerprint density at radius 3 is 2.86 bits per heavy atom. The highest BCUT2D eigenvalue weighted by molar-refractivity contribution is 14.1. The Kier molecular flexibility index (Phi) is 4.29. The second kappa shape index (κ2) is 6.36. The van der Waals surface area contributed by atoms with Gasteiger partial charge in [-0.15, -0.1) is 0 Å². The molecule has 0 radical (unpaired) electrons. The first-order chi connectivity index (χ1) is 10.7. The van der Waals surface area contributed by atoms with Crippen LogP contribution in [0.5, 0.6) is 0 Å². The van der Waals surface area contributed by atoms with Crippen molar-refractivity contribution in [3.05, 3.63) is 76.5 Å². The number of nitrogens with one attached hydrogen (secondary N) is 1. The minimum atomic E-state index is -0.197. The van der Waals surface area contributed by atoms with Gasteiger partial charge in [-0.3, -0.25) is 4.79 Å². The third kappa shape index (κ3) is 3.22. The molecule has 0 fully saturated rings. The maximum atomic E-state index is 11.4. The molecular weight excluding hydrogens is 387 g/mol. The molecule has 1 N–H and O–H groups in total. The van der Waals surface area contributed by atoms with Crippen LogP contribution in [0.2, 0.25) is 0 Å². The van der Waals surface area contributed by atoms with Gasteiger partial charge in [0.15, 0.2) is 0 Å². The van der Waals surface area contributed by atoms with Crippen molar-refractivity contribution in [2.75, 3.05) is 5.32 Å². The molecule has 3 nitrogen and oxygen atoms in total. The van der Waals surface area contributed by atoms with E-state index >= 15 is 0 Å². The molecule has 22 heavy (non-hydrogen) atoms. The molecule has 0 bridgehead atoms. The fourth-order valence-corrected chi connectivity index (χ4v) is 3.05. The van der Waals surface area contributed by atoms with E-state index in [0.717, 1.165) is 23.1 Å². The number of fused-ring (bicyclic) bond motifs is 1. The van der Waals surface area contributed by atoms with Gasteiger partial charge in [0.25, 0.3) is 0 Å². The van der Waals surface area contributed by atoms with Crippen molar-refractivity contribution in [3.8, 4) is 0 Å². The van der Waals surface area contributed by atoms with Gasteiger partial charge in [0, 0.05) is 32.9 Å². The molecule has 0 unspecified atom stereocenters. The lowest BCUT2D eigenvalue weighted by Gasteiger charge is -2.07. The maximum Gasteiger partial charge on any atom is 0.247 e. The van der Waals surface area contributed by atoms with E-state index in [1.165, 1.54) is 15.2 Å². The summed E-state index contributed by atoms with van der Waals surface area (Å²) < 4.78 is 3.45. The molecule has 110 valence electrons. The number of rotatable bonds is 4. The summed E-state index contributed by atoms with van der Waals surface area (Å²) in [6.07, 6.45) is 3.34. The van der Waals surface area contributed by atoms with Gasteiger partial charge < -0.3 is 9.88 Å². The minimum absolute atomic E-state index is 0.197. The first-order valence-corrected chi connectivity index (χ1v) is 8.00. The van der Waals surface area contributed by atoms with E-state index in [-0.39, 0.29) is 5.91 Å². The summed E-state index contributed by atoms with van der Waals surface area (Å²) in [5.41, 5.74) is 3.20. The smallest absolute Gasteiger partial charge is 0.247 e. The Balaban J connectivity index is 1.89. The molecule has 2 aromatic carbocycles. The van der Waals surface area contributed by atoms with E-state index < -0.39 is 0 Å². The summed E-state index contributed by atoms with van der Waals surface area (Å²) in [4.78, 5) is 11.4. The monoisotopic (exact) mass is 402 g/mol. The SMILES string of the molecule is C=CC(=O)Nc1ccc2c(ccn2Cc2cccc(I)c2)c1. The standard InChI is InChI=1S/C18H15IN2O/c1-2-18(22)20-16-6-7-17-14(11-16)8-9-21(17)12-13-4-3-5-15(19)10-13/h2-11H,1,12H2,(H,20,22). The molecular formula is C18H15IN2O. The normalized spacial score (nSPS) is 10.6. The van der Waals surface area contributed by atoms with Crippen molar-refractivity contribution in [1.82, 2.24) is 4.57 Å². The molecule has 3 aromatic rings. The molecule has 3 rings (SSSR count). The van der Waals surface area contributed by atoms with Crippen LogP contribution in [0.1, 0.15) is 5.56 Å². The molecule has 0 atom stereocenters. The van der Waals surface area contributed by atoms with Crippen molar-refractivity contribution in [2.45, 2.75) is 6.54 Å². The highest BCUT2D eigenvalue weighted by atomic mass is 127. The number of aromatic nitrogens is 1. The number of hydrogen-bond donors (Lipinski definition) is 1. The zero-order chi connectivity index (χ0) is 15.5. The average molecular weight is 402 g/mol. The van der Waals surface area contributed by atoms with E-state index in [0.29, 0.717) is 0 Å². The molecule has 4 heteroatoms. The lowest BCUT2D eigenvalue weighted by molar-refractivity contribution is -0.111. The quantitative estimate of drug-likeness (QED) is 0.509. The summed E-state index contributed by atoms with van der Waals surface area (Å²) in [5, 5.41) is 3.89. The topological polar surface area (TPSA) is 34.0 Å². The van der Waals surface area contributed by atoms with Gasteiger partial charge in [-0.25, -0.2) is 0 Å². The molecule has 0 saturated heterocycles. The summed E-state index contributed by atoms with van der Waals surface area (Å²) in [6, 6.07) is 16.5. The lowest BCUT2D eigenvalue weighted by atomic mass is 10.2. The molecule has 0 aliphatic carbocycles. The van der Waals surface area contributed by atoms with Gasteiger partial charge in [-0.1, -0.05) is 18.7 Å². The Morgan fingerprint density at radius 1 is 1.23 bits per heavy atom. The van der Waals surface area contributed by atoms with E-state index in [2.05, 4.69) is 75.6 Å². The van der Waals surface area contributed by atoms with Crippen LogP contribution < -0.4 is 5.32 Å². The van der Waals surface area contributed by atoms with Gasteiger partial charge >= 0.3 is 0 Å². The van der Waals surface area contributed by atoms with Crippen LogP contribution >= 0.6 is 22.6 Å². The average Bonchev–Trinajstić information content (AvgIpc) is 2.89. The third-order valence-electron chi connectivity index (χ3n) is 3.47. The van der Waals surface area contributed by atoms with E-state index in [9.17, 15) is 4.79 Å². The number of anilines is 1. The van der Waals surface area contributed by atoms with Gasteiger partial charge in [0.1, 0.15) is 0 Å². The van der Waals surface area contributed by atoms with Gasteiger partial charge in [0.2, 0.25) is 5.91 Å². The van der Waals surface area contributed by atoms with Crippen molar-refractivity contribution in [1.29, 1.82) is 0 Å². The van der Waals surface area contributed by atoms with Crippen molar-refractivity contribution < 1.29 is 4.79 Å².